The predicted molar refractivity (Wildman–Crippen MR) is 116 cm³/mol. The molecule has 1 amide bonds. The number of nitrogens with zero attached hydrogens (tertiary/aromatic N) is 1. The summed E-state index contributed by atoms with van der Waals surface area (Å²) in [6.07, 6.45) is 0.830. The highest BCUT2D eigenvalue weighted by Crippen LogP contribution is 2.22. The largest absolute Gasteiger partial charge is 0.483 e. The van der Waals surface area contributed by atoms with Gasteiger partial charge in [0, 0.05) is 28.9 Å². The van der Waals surface area contributed by atoms with E-state index in [1.807, 2.05) is 60.4 Å². The summed E-state index contributed by atoms with van der Waals surface area (Å²) in [6.45, 7) is 4.58. The van der Waals surface area contributed by atoms with E-state index in [-0.39, 0.29) is 18.6 Å². The van der Waals surface area contributed by atoms with Crippen LogP contribution in [0.25, 0.3) is 0 Å². The van der Waals surface area contributed by atoms with Crippen LogP contribution in [0, 0.1) is 6.92 Å². The molecule has 5 heteroatoms. The molecule has 28 heavy (non-hydrogen) atoms. The van der Waals surface area contributed by atoms with Gasteiger partial charge in [-0.3, -0.25) is 4.79 Å². The first-order valence-corrected chi connectivity index (χ1v) is 10.5. The number of rotatable bonds is 8. The Kier molecular flexibility index (Phi) is 7.12. The summed E-state index contributed by atoms with van der Waals surface area (Å²) in [6, 6.07) is 19.7. The van der Waals surface area contributed by atoms with E-state index >= 15 is 0 Å². The molecule has 0 radical (unpaired) electrons. The summed E-state index contributed by atoms with van der Waals surface area (Å²) in [5.41, 5.74) is 2.03. The maximum atomic E-state index is 13.0. The highest BCUT2D eigenvalue weighted by Gasteiger charge is 2.22. The Morgan fingerprint density at radius 3 is 2.61 bits per heavy atom. The van der Waals surface area contributed by atoms with Crippen molar-refractivity contribution in [3.05, 3.63) is 87.1 Å². The van der Waals surface area contributed by atoms with Crippen LogP contribution in [0.3, 0.4) is 0 Å². The SMILES string of the molecule is Cc1cc(Cl)ccc1OCC(=O)N(Cc1ccccc1)[C@@H](C)Cc1cccs1. The minimum absolute atomic E-state index is 0.00405. The summed E-state index contributed by atoms with van der Waals surface area (Å²) in [4.78, 5) is 16.2. The third-order valence-electron chi connectivity index (χ3n) is 4.61. The maximum absolute atomic E-state index is 13.0. The molecule has 3 rings (SSSR count). The molecule has 0 saturated heterocycles. The smallest absolute Gasteiger partial charge is 0.261 e. The third-order valence-corrected chi connectivity index (χ3v) is 5.75. The van der Waals surface area contributed by atoms with Crippen molar-refractivity contribution in [2.75, 3.05) is 6.61 Å². The molecule has 1 heterocycles. The van der Waals surface area contributed by atoms with Gasteiger partial charge in [0.2, 0.25) is 0 Å². The zero-order valence-electron chi connectivity index (χ0n) is 16.1. The molecule has 0 bridgehead atoms. The normalized spacial score (nSPS) is 11.8. The van der Waals surface area contributed by atoms with E-state index in [1.54, 1.807) is 17.4 Å². The van der Waals surface area contributed by atoms with Crippen LogP contribution in [-0.4, -0.2) is 23.5 Å². The molecule has 0 fully saturated rings. The zero-order valence-corrected chi connectivity index (χ0v) is 17.7. The standard InChI is InChI=1S/C23H24ClNO2S/c1-17-13-20(24)10-11-22(17)27-16-23(26)25(15-19-7-4-3-5-8-19)18(2)14-21-9-6-12-28-21/h3-13,18H,14-16H2,1-2H3/t18-/m0/s1. The summed E-state index contributed by atoms with van der Waals surface area (Å²) in [5.74, 6) is 0.658. The summed E-state index contributed by atoms with van der Waals surface area (Å²) >= 11 is 7.72. The Hall–Kier alpha value is -2.30. The maximum Gasteiger partial charge on any atom is 0.261 e. The number of amides is 1. The van der Waals surface area contributed by atoms with Crippen LogP contribution >= 0.6 is 22.9 Å². The molecular weight excluding hydrogens is 390 g/mol. The average molecular weight is 414 g/mol. The predicted octanol–water partition coefficient (Wildman–Crippen LogP) is 5.75. The van der Waals surface area contributed by atoms with E-state index in [0.717, 1.165) is 17.5 Å². The van der Waals surface area contributed by atoms with Crippen molar-refractivity contribution in [2.45, 2.75) is 32.9 Å². The molecule has 0 unspecified atom stereocenters. The van der Waals surface area contributed by atoms with Gasteiger partial charge in [-0.15, -0.1) is 11.3 Å². The lowest BCUT2D eigenvalue weighted by Gasteiger charge is -2.29. The van der Waals surface area contributed by atoms with E-state index in [4.69, 9.17) is 16.3 Å². The van der Waals surface area contributed by atoms with E-state index in [0.29, 0.717) is 17.3 Å². The van der Waals surface area contributed by atoms with Gasteiger partial charge >= 0.3 is 0 Å². The number of aryl methyl sites for hydroxylation is 1. The molecule has 146 valence electrons. The molecule has 0 spiro atoms. The Morgan fingerprint density at radius 2 is 1.93 bits per heavy atom. The van der Waals surface area contributed by atoms with Gasteiger partial charge < -0.3 is 9.64 Å². The number of carbonyl (C=O) groups excluding carboxylic acids is 1. The Morgan fingerprint density at radius 1 is 1.14 bits per heavy atom. The quantitative estimate of drug-likeness (QED) is 0.470. The van der Waals surface area contributed by atoms with Crippen molar-refractivity contribution in [3.63, 3.8) is 0 Å². The van der Waals surface area contributed by atoms with E-state index in [2.05, 4.69) is 18.4 Å². The minimum atomic E-state index is -0.0257. The number of ether oxygens (including phenoxy) is 1. The second-order valence-electron chi connectivity index (χ2n) is 6.84. The molecule has 2 aromatic carbocycles. The fourth-order valence-electron chi connectivity index (χ4n) is 3.10. The number of halogens is 1. The Balaban J connectivity index is 1.71. The number of thiophene rings is 1. The third kappa shape index (κ3) is 5.60. The highest BCUT2D eigenvalue weighted by molar-refractivity contribution is 7.09. The minimum Gasteiger partial charge on any atom is -0.483 e. The Labute approximate surface area is 175 Å². The molecule has 0 aliphatic rings. The Bertz CT molecular complexity index is 896. The van der Waals surface area contributed by atoms with Gasteiger partial charge in [-0.1, -0.05) is 48.0 Å². The van der Waals surface area contributed by atoms with Gasteiger partial charge in [0.15, 0.2) is 6.61 Å². The van der Waals surface area contributed by atoms with Gasteiger partial charge in [0.1, 0.15) is 5.75 Å². The second-order valence-corrected chi connectivity index (χ2v) is 8.31. The topological polar surface area (TPSA) is 29.5 Å². The first-order valence-electron chi connectivity index (χ1n) is 9.27. The molecule has 3 nitrogen and oxygen atoms in total. The van der Waals surface area contributed by atoms with Crippen molar-refractivity contribution < 1.29 is 9.53 Å². The lowest BCUT2D eigenvalue weighted by atomic mass is 10.1. The van der Waals surface area contributed by atoms with Gasteiger partial charge in [-0.05, 0) is 54.6 Å². The van der Waals surface area contributed by atoms with Gasteiger partial charge in [0.05, 0.1) is 0 Å². The molecule has 0 aliphatic heterocycles. The van der Waals surface area contributed by atoms with E-state index in [9.17, 15) is 4.79 Å². The van der Waals surface area contributed by atoms with Crippen LogP contribution in [0.5, 0.6) is 5.75 Å². The van der Waals surface area contributed by atoms with Crippen LogP contribution in [0.1, 0.15) is 22.9 Å². The van der Waals surface area contributed by atoms with Crippen molar-refractivity contribution >= 4 is 28.8 Å². The van der Waals surface area contributed by atoms with Crippen molar-refractivity contribution in [1.29, 1.82) is 0 Å². The monoisotopic (exact) mass is 413 g/mol. The number of carbonyl (C=O) groups is 1. The van der Waals surface area contributed by atoms with Gasteiger partial charge in [-0.2, -0.15) is 0 Å². The van der Waals surface area contributed by atoms with Crippen molar-refractivity contribution in [2.24, 2.45) is 0 Å². The lowest BCUT2D eigenvalue weighted by molar-refractivity contribution is -0.136. The molecule has 1 aromatic heterocycles. The van der Waals surface area contributed by atoms with Gasteiger partial charge in [-0.25, -0.2) is 0 Å². The molecular formula is C23H24ClNO2S. The zero-order chi connectivity index (χ0) is 19.9. The number of hydrogen-bond donors (Lipinski definition) is 0. The van der Waals surface area contributed by atoms with Crippen molar-refractivity contribution in [3.8, 4) is 5.75 Å². The van der Waals surface area contributed by atoms with Crippen molar-refractivity contribution in [1.82, 2.24) is 4.90 Å². The fraction of sp³-hybridized carbons (Fsp3) is 0.261. The lowest BCUT2D eigenvalue weighted by Crippen LogP contribution is -2.41. The first-order chi connectivity index (χ1) is 13.5. The van der Waals surface area contributed by atoms with Crippen LogP contribution in [-0.2, 0) is 17.8 Å². The first kappa shape index (κ1) is 20.4. The number of benzene rings is 2. The summed E-state index contributed by atoms with van der Waals surface area (Å²) in [7, 11) is 0. The molecule has 0 saturated carbocycles. The van der Waals surface area contributed by atoms with Crippen LogP contribution in [0.4, 0.5) is 0 Å². The average Bonchev–Trinajstić information content (AvgIpc) is 3.19. The number of hydrogen-bond acceptors (Lipinski definition) is 3. The molecule has 1 atom stereocenters. The van der Waals surface area contributed by atoms with Gasteiger partial charge in [0.25, 0.3) is 5.91 Å². The second kappa shape index (κ2) is 9.76. The van der Waals surface area contributed by atoms with Crippen LogP contribution < -0.4 is 4.74 Å². The molecule has 3 aromatic rings. The summed E-state index contributed by atoms with van der Waals surface area (Å²) in [5, 5.41) is 2.73. The van der Waals surface area contributed by atoms with E-state index in [1.165, 1.54) is 4.88 Å². The van der Waals surface area contributed by atoms with Crippen LogP contribution in [0.15, 0.2) is 66.0 Å². The highest BCUT2D eigenvalue weighted by atomic mass is 35.5. The molecule has 0 aliphatic carbocycles. The fourth-order valence-corrected chi connectivity index (χ4v) is 4.15. The van der Waals surface area contributed by atoms with E-state index < -0.39 is 0 Å². The summed E-state index contributed by atoms with van der Waals surface area (Å²) < 4.78 is 5.81. The van der Waals surface area contributed by atoms with Crippen LogP contribution in [0.2, 0.25) is 5.02 Å². The molecule has 0 N–H and O–H groups in total.